The molecule has 0 bridgehead atoms. The van der Waals surface area contributed by atoms with E-state index in [1.54, 1.807) is 0 Å². The van der Waals surface area contributed by atoms with Gasteiger partial charge in [-0.15, -0.1) is 0 Å². The molecule has 0 unspecified atom stereocenters. The topological polar surface area (TPSA) is 31.6 Å². The number of halogens is 2. The fraction of sp³-hybridized carbons (Fsp3) is 0.0667. The van der Waals surface area contributed by atoms with E-state index in [4.69, 9.17) is 11.6 Å². The first-order chi connectivity index (χ1) is 9.25. The summed E-state index contributed by atoms with van der Waals surface area (Å²) in [5.74, 6) is 0.0787. The van der Waals surface area contributed by atoms with E-state index in [9.17, 15) is 0 Å². The number of rotatable bonds is 3. The van der Waals surface area contributed by atoms with E-state index in [1.165, 1.54) is 0 Å². The summed E-state index contributed by atoms with van der Waals surface area (Å²) in [4.78, 5) is 6.55. The highest BCUT2D eigenvalue weighted by atomic mass is 79.9. The van der Waals surface area contributed by atoms with Crippen molar-refractivity contribution in [3.05, 3.63) is 81.3 Å². The Morgan fingerprint density at radius 3 is 2.11 bits per heavy atom. The minimum Gasteiger partial charge on any atom is -0.364 e. The lowest BCUT2D eigenvalue weighted by molar-refractivity contribution is 0.897. The van der Waals surface area contributed by atoms with Crippen LogP contribution in [0.25, 0.3) is 0 Å². The molecule has 0 saturated carbocycles. The lowest BCUT2D eigenvalue weighted by atomic mass is 9.92. The molecule has 2 nitrogen and oxygen atoms in total. The Morgan fingerprint density at radius 1 is 0.947 bits per heavy atom. The largest absolute Gasteiger partial charge is 0.364 e. The summed E-state index contributed by atoms with van der Waals surface area (Å²) in [6, 6.07) is 14.1. The monoisotopic (exact) mass is 334 g/mol. The van der Waals surface area contributed by atoms with Gasteiger partial charge in [0.2, 0.25) is 0 Å². The zero-order valence-electron chi connectivity index (χ0n) is 10.0. The SMILES string of the molecule is Clc1ccc(Br)cc1C(c1ccc[nH]1)c1ccc[nH]1. The summed E-state index contributed by atoms with van der Waals surface area (Å²) < 4.78 is 1.02. The van der Waals surface area contributed by atoms with E-state index < -0.39 is 0 Å². The highest BCUT2D eigenvalue weighted by Gasteiger charge is 2.21. The number of aromatic nitrogens is 2. The molecule has 2 N–H and O–H groups in total. The average Bonchev–Trinajstić information content (AvgIpc) is 3.07. The molecule has 19 heavy (non-hydrogen) atoms. The Balaban J connectivity index is 2.17. The number of benzene rings is 1. The Hall–Kier alpha value is -1.45. The Labute approximate surface area is 124 Å². The van der Waals surface area contributed by atoms with Gasteiger partial charge in [0.1, 0.15) is 0 Å². The molecule has 0 spiro atoms. The predicted molar refractivity (Wildman–Crippen MR) is 81.7 cm³/mol. The molecule has 3 aromatic rings. The van der Waals surface area contributed by atoms with Crippen LogP contribution in [0.2, 0.25) is 5.02 Å². The van der Waals surface area contributed by atoms with E-state index >= 15 is 0 Å². The van der Waals surface area contributed by atoms with Gasteiger partial charge < -0.3 is 9.97 Å². The van der Waals surface area contributed by atoms with E-state index in [-0.39, 0.29) is 5.92 Å². The molecular formula is C15H12BrClN2. The predicted octanol–water partition coefficient (Wildman–Crippen LogP) is 4.94. The highest BCUT2D eigenvalue weighted by molar-refractivity contribution is 9.10. The maximum absolute atomic E-state index is 6.38. The zero-order valence-corrected chi connectivity index (χ0v) is 12.4. The maximum atomic E-state index is 6.38. The fourth-order valence-corrected chi connectivity index (χ4v) is 2.89. The molecule has 2 heterocycles. The third-order valence-corrected chi connectivity index (χ3v) is 3.97. The number of H-pyrrole nitrogens is 2. The van der Waals surface area contributed by atoms with Crippen molar-refractivity contribution < 1.29 is 0 Å². The third-order valence-electron chi connectivity index (χ3n) is 3.14. The van der Waals surface area contributed by atoms with E-state index in [0.29, 0.717) is 0 Å². The first-order valence-electron chi connectivity index (χ1n) is 5.97. The molecule has 3 rings (SSSR count). The van der Waals surface area contributed by atoms with Crippen LogP contribution in [-0.2, 0) is 0 Å². The van der Waals surface area contributed by atoms with Gasteiger partial charge >= 0.3 is 0 Å². The van der Waals surface area contributed by atoms with Crippen molar-refractivity contribution in [2.45, 2.75) is 5.92 Å². The summed E-state index contributed by atoms with van der Waals surface area (Å²) in [6.45, 7) is 0. The van der Waals surface area contributed by atoms with Gasteiger partial charge in [0.15, 0.2) is 0 Å². The van der Waals surface area contributed by atoms with Crippen molar-refractivity contribution in [2.24, 2.45) is 0 Å². The van der Waals surface area contributed by atoms with Gasteiger partial charge in [0.05, 0.1) is 5.92 Å². The van der Waals surface area contributed by atoms with Crippen molar-refractivity contribution in [3.8, 4) is 0 Å². The van der Waals surface area contributed by atoms with Crippen LogP contribution in [0.15, 0.2) is 59.3 Å². The molecule has 0 amide bonds. The van der Waals surface area contributed by atoms with Gasteiger partial charge in [0, 0.05) is 33.3 Å². The molecule has 96 valence electrons. The van der Waals surface area contributed by atoms with Crippen LogP contribution < -0.4 is 0 Å². The minimum absolute atomic E-state index is 0.0787. The van der Waals surface area contributed by atoms with Gasteiger partial charge in [-0.3, -0.25) is 0 Å². The van der Waals surface area contributed by atoms with Crippen LogP contribution in [0, 0.1) is 0 Å². The Bertz CT molecular complexity index is 625. The molecule has 0 aliphatic rings. The molecule has 0 aliphatic heterocycles. The molecule has 4 heteroatoms. The first-order valence-corrected chi connectivity index (χ1v) is 7.14. The fourth-order valence-electron chi connectivity index (χ4n) is 2.29. The van der Waals surface area contributed by atoms with Crippen molar-refractivity contribution >= 4 is 27.5 Å². The van der Waals surface area contributed by atoms with Gasteiger partial charge in [-0.2, -0.15) is 0 Å². The number of hydrogen-bond acceptors (Lipinski definition) is 0. The van der Waals surface area contributed by atoms with Crippen LogP contribution in [0.4, 0.5) is 0 Å². The molecule has 0 saturated heterocycles. The first kappa shape index (κ1) is 12.6. The second-order valence-corrected chi connectivity index (χ2v) is 5.67. The van der Waals surface area contributed by atoms with E-state index in [0.717, 1.165) is 26.4 Å². The Kier molecular flexibility index (Phi) is 3.49. The van der Waals surface area contributed by atoms with Crippen molar-refractivity contribution in [2.75, 3.05) is 0 Å². The lowest BCUT2D eigenvalue weighted by Crippen LogP contribution is -2.05. The third kappa shape index (κ3) is 2.48. The summed E-state index contributed by atoms with van der Waals surface area (Å²) >= 11 is 9.89. The molecule has 0 aliphatic carbocycles. The van der Waals surface area contributed by atoms with Crippen LogP contribution in [0.1, 0.15) is 22.9 Å². The molecule has 0 atom stereocenters. The summed E-state index contributed by atoms with van der Waals surface area (Å²) in [6.07, 6.45) is 3.86. The van der Waals surface area contributed by atoms with Gasteiger partial charge in [-0.1, -0.05) is 27.5 Å². The van der Waals surface area contributed by atoms with Gasteiger partial charge in [-0.25, -0.2) is 0 Å². The van der Waals surface area contributed by atoms with E-state index in [2.05, 4.69) is 44.1 Å². The number of aromatic amines is 2. The molecule has 1 aromatic carbocycles. The minimum atomic E-state index is 0.0787. The summed E-state index contributed by atoms with van der Waals surface area (Å²) in [5.41, 5.74) is 3.30. The molecule has 0 fully saturated rings. The average molecular weight is 336 g/mol. The van der Waals surface area contributed by atoms with Crippen LogP contribution in [0.3, 0.4) is 0 Å². The normalized spacial score (nSPS) is 11.1. The quantitative estimate of drug-likeness (QED) is 0.679. The Morgan fingerprint density at radius 2 is 1.58 bits per heavy atom. The second-order valence-electron chi connectivity index (χ2n) is 4.35. The van der Waals surface area contributed by atoms with Crippen molar-refractivity contribution in [1.82, 2.24) is 9.97 Å². The molecule has 0 radical (unpaired) electrons. The number of nitrogens with one attached hydrogen (secondary N) is 2. The molecule has 2 aromatic heterocycles. The number of hydrogen-bond donors (Lipinski definition) is 2. The summed E-state index contributed by atoms with van der Waals surface area (Å²) in [5, 5.41) is 0.761. The zero-order chi connectivity index (χ0) is 13.2. The van der Waals surface area contributed by atoms with Crippen LogP contribution in [-0.4, -0.2) is 9.97 Å². The van der Waals surface area contributed by atoms with Gasteiger partial charge in [-0.05, 0) is 48.0 Å². The van der Waals surface area contributed by atoms with E-state index in [1.807, 2.05) is 36.7 Å². The van der Waals surface area contributed by atoms with Crippen molar-refractivity contribution in [1.29, 1.82) is 0 Å². The standard InChI is InChI=1S/C15H12BrClN2/c16-10-5-6-12(17)11(9-10)15(13-3-1-7-18-13)14-4-2-8-19-14/h1-9,15,18-19H. The second kappa shape index (κ2) is 5.27. The summed E-state index contributed by atoms with van der Waals surface area (Å²) in [7, 11) is 0. The molecular weight excluding hydrogens is 324 g/mol. The lowest BCUT2D eigenvalue weighted by Gasteiger charge is -2.17. The van der Waals surface area contributed by atoms with Crippen molar-refractivity contribution in [3.63, 3.8) is 0 Å². The van der Waals surface area contributed by atoms with Gasteiger partial charge in [0.25, 0.3) is 0 Å². The smallest absolute Gasteiger partial charge is 0.0656 e. The van der Waals surface area contributed by atoms with Crippen LogP contribution >= 0.6 is 27.5 Å². The van der Waals surface area contributed by atoms with Crippen LogP contribution in [0.5, 0.6) is 0 Å². The maximum Gasteiger partial charge on any atom is 0.0656 e. The highest BCUT2D eigenvalue weighted by Crippen LogP contribution is 2.35.